The third-order valence-corrected chi connectivity index (χ3v) is 13.8. The minimum absolute atomic E-state index is 0.168. The van der Waals surface area contributed by atoms with E-state index in [-0.39, 0.29) is 11.5 Å². The molecule has 14 heteroatoms. The Morgan fingerprint density at radius 2 is 1.28 bits per heavy atom. The van der Waals surface area contributed by atoms with Crippen molar-refractivity contribution in [2.75, 3.05) is 123 Å². The number of hydrogen-bond donors (Lipinski definition) is 2. The molecule has 0 aliphatic carbocycles. The number of anilines is 1. The maximum absolute atomic E-state index is 13.8. The van der Waals surface area contributed by atoms with E-state index in [9.17, 15) is 14.7 Å². The van der Waals surface area contributed by atoms with Gasteiger partial charge in [0.15, 0.2) is 0 Å². The summed E-state index contributed by atoms with van der Waals surface area (Å²) in [4.78, 5) is 29.5. The monoisotopic (exact) mass is 944 g/mol. The molecule has 0 aromatic heterocycles. The van der Waals surface area contributed by atoms with Gasteiger partial charge in [0.05, 0.1) is 83.8 Å². The number of amides is 1. The number of benzene rings is 3. The van der Waals surface area contributed by atoms with E-state index in [1.165, 1.54) is 33.3 Å². The summed E-state index contributed by atoms with van der Waals surface area (Å²) in [5.74, 6) is 1.13. The quantitative estimate of drug-likeness (QED) is 0.0400. The fourth-order valence-electron chi connectivity index (χ4n) is 10.4. The maximum atomic E-state index is 13.8. The molecule has 3 aromatic carbocycles. The van der Waals surface area contributed by atoms with Crippen LogP contribution in [-0.2, 0) is 54.1 Å². The van der Waals surface area contributed by atoms with Gasteiger partial charge >= 0.3 is 5.97 Å². The predicted octanol–water partition coefficient (Wildman–Crippen LogP) is 6.23. The molecule has 0 saturated carbocycles. The fourth-order valence-corrected chi connectivity index (χ4v) is 10.6. The number of fused-ring (bicyclic) bond motifs is 4. The number of aryl methyl sites for hydroxylation is 2. The molecule has 67 heavy (non-hydrogen) atoms. The molecule has 1 amide bonds. The standard InChI is InChI=1S/C53H70ClN3O10/c54-17-5-1-2-8-23-61-25-27-63-29-31-65-33-34-66-32-30-64-28-26-62-24-18-55-52(58)40-15-16-41(53(59)60)44(37-40)47-45-35-38-11-3-6-19-56-21-9-13-42(48(38)56)50(45)67-51-43-14-10-22-57-20-7-4-12-39(49(43)57)36-46(47)51/h15-16,35-37H,1-14,17-34H2,(H-,55,58,59,60)/p+1. The lowest BCUT2D eigenvalue weighted by Crippen LogP contribution is -2.41. The maximum Gasteiger partial charge on any atom is 0.336 e. The lowest BCUT2D eigenvalue weighted by Gasteiger charge is -2.35. The fraction of sp³-hybridized carbons (Fsp3) is 0.604. The van der Waals surface area contributed by atoms with Crippen LogP contribution in [0.5, 0.6) is 11.5 Å². The van der Waals surface area contributed by atoms with E-state index in [4.69, 9.17) is 44.8 Å². The Bertz CT molecular complexity index is 2300. The molecule has 5 aliphatic rings. The van der Waals surface area contributed by atoms with Crippen LogP contribution < -0.4 is 30.1 Å². The van der Waals surface area contributed by atoms with Crippen molar-refractivity contribution < 1.29 is 47.9 Å². The van der Waals surface area contributed by atoms with Gasteiger partial charge in [0.25, 0.3) is 5.91 Å². The molecular formula is C53H71ClN3O10+. The number of carboxylic acids is 1. The number of unbranched alkanes of at least 4 members (excludes halogenated alkanes) is 3. The van der Waals surface area contributed by atoms with Gasteiger partial charge in [0, 0.05) is 83.7 Å². The highest BCUT2D eigenvalue weighted by molar-refractivity contribution is 6.17. The summed E-state index contributed by atoms with van der Waals surface area (Å²) in [6.45, 7) is 10.3. The zero-order valence-electron chi connectivity index (χ0n) is 39.4. The SMILES string of the molecule is O=C(NCCOCCOCCOCCOCCOCCOCCCCCCCl)c1ccc(C(=O)O)c(C2=c3cc4c5c(c3Oc3c2cc2c6c3CCCN6CCCC2)CCC[N+]=5CCCC4)c1. The number of aromatic carboxylic acids is 1. The van der Waals surface area contributed by atoms with Gasteiger partial charge < -0.3 is 48.5 Å². The summed E-state index contributed by atoms with van der Waals surface area (Å²) >= 11 is 5.69. The van der Waals surface area contributed by atoms with E-state index in [1.807, 2.05) is 0 Å². The van der Waals surface area contributed by atoms with Crippen LogP contribution in [0.25, 0.3) is 5.57 Å². The molecule has 5 aliphatic heterocycles. The van der Waals surface area contributed by atoms with Crippen molar-refractivity contribution in [3.63, 3.8) is 0 Å². The Labute approximate surface area is 400 Å². The molecule has 364 valence electrons. The Morgan fingerprint density at radius 3 is 2.01 bits per heavy atom. The highest BCUT2D eigenvalue weighted by atomic mass is 35.5. The van der Waals surface area contributed by atoms with E-state index in [2.05, 4.69) is 26.9 Å². The van der Waals surface area contributed by atoms with Crippen LogP contribution in [0.15, 0.2) is 30.3 Å². The third kappa shape index (κ3) is 12.6. The zero-order chi connectivity index (χ0) is 46.2. The lowest BCUT2D eigenvalue weighted by molar-refractivity contribution is -0.0166. The summed E-state index contributed by atoms with van der Waals surface area (Å²) in [5, 5.41) is 16.0. The van der Waals surface area contributed by atoms with Crippen molar-refractivity contribution in [3.05, 3.63) is 85.4 Å². The second kappa shape index (κ2) is 25.5. The topological polar surface area (TPSA) is 137 Å². The minimum Gasteiger partial charge on any atom is -0.478 e. The van der Waals surface area contributed by atoms with Crippen molar-refractivity contribution in [2.45, 2.75) is 89.9 Å². The molecule has 0 fully saturated rings. The van der Waals surface area contributed by atoms with Crippen LogP contribution in [0.3, 0.4) is 0 Å². The Balaban J connectivity index is 0.851. The van der Waals surface area contributed by atoms with Gasteiger partial charge in [-0.15, -0.1) is 11.6 Å². The number of nitrogens with one attached hydrogen (secondary N) is 1. The van der Waals surface area contributed by atoms with Crippen LogP contribution in [0, 0.1) is 0 Å². The lowest BCUT2D eigenvalue weighted by atomic mass is 9.82. The van der Waals surface area contributed by atoms with E-state index in [0.717, 1.165) is 156 Å². The predicted molar refractivity (Wildman–Crippen MR) is 259 cm³/mol. The Morgan fingerprint density at radius 1 is 0.642 bits per heavy atom. The van der Waals surface area contributed by atoms with Crippen LogP contribution in [0.1, 0.15) is 118 Å². The Kier molecular flexibility index (Phi) is 18.8. The molecule has 0 radical (unpaired) electrons. The third-order valence-electron chi connectivity index (χ3n) is 13.5. The van der Waals surface area contributed by atoms with Gasteiger partial charge in [-0.2, -0.15) is 0 Å². The number of alkyl halides is 1. The van der Waals surface area contributed by atoms with Gasteiger partial charge in [0.1, 0.15) is 24.6 Å². The highest BCUT2D eigenvalue weighted by Crippen LogP contribution is 2.48. The van der Waals surface area contributed by atoms with Gasteiger partial charge in [-0.1, -0.05) is 12.8 Å². The van der Waals surface area contributed by atoms with E-state index >= 15 is 0 Å². The number of carbonyl (C=O) groups excluding carboxylic acids is 1. The van der Waals surface area contributed by atoms with E-state index in [1.54, 1.807) is 18.2 Å². The summed E-state index contributed by atoms with van der Waals surface area (Å²) in [5.41, 5.74) is 9.29. The molecule has 0 saturated heterocycles. The minimum atomic E-state index is -1.03. The number of hydrogen-bond acceptors (Lipinski definition) is 10. The van der Waals surface area contributed by atoms with Crippen LogP contribution >= 0.6 is 11.6 Å². The average molecular weight is 946 g/mol. The number of halogens is 1. The molecule has 2 N–H and O–H groups in total. The summed E-state index contributed by atoms with van der Waals surface area (Å²) < 4.78 is 43.5. The van der Waals surface area contributed by atoms with Crippen molar-refractivity contribution in [3.8, 4) is 11.5 Å². The van der Waals surface area contributed by atoms with Crippen LogP contribution in [0.4, 0.5) is 5.69 Å². The van der Waals surface area contributed by atoms with Gasteiger partial charge in [-0.05, 0) is 106 Å². The number of rotatable bonds is 27. The summed E-state index contributed by atoms with van der Waals surface area (Å²) in [6.07, 6.45) is 14.8. The summed E-state index contributed by atoms with van der Waals surface area (Å²) in [6, 6.07) is 9.56. The molecular weight excluding hydrogens is 874 g/mol. The van der Waals surface area contributed by atoms with Gasteiger partial charge in [-0.3, -0.25) is 4.79 Å². The van der Waals surface area contributed by atoms with Gasteiger partial charge in [-0.25, -0.2) is 9.37 Å². The zero-order valence-corrected chi connectivity index (χ0v) is 40.2. The molecule has 5 heterocycles. The van der Waals surface area contributed by atoms with E-state index < -0.39 is 5.97 Å². The van der Waals surface area contributed by atoms with Gasteiger partial charge in [0.2, 0.25) is 5.36 Å². The molecule has 0 bridgehead atoms. The number of nitrogens with zero attached hydrogens (tertiary/aromatic N) is 2. The first-order valence-electron chi connectivity index (χ1n) is 25.1. The highest BCUT2D eigenvalue weighted by Gasteiger charge is 2.36. The number of ether oxygens (including phenoxy) is 7. The summed E-state index contributed by atoms with van der Waals surface area (Å²) in [7, 11) is 0. The Hall–Kier alpha value is -4.08. The second-order valence-corrected chi connectivity index (χ2v) is 18.5. The first-order chi connectivity index (χ1) is 33.0. The molecule has 8 rings (SSSR count). The van der Waals surface area contributed by atoms with Crippen molar-refractivity contribution in [1.29, 1.82) is 0 Å². The molecule has 13 nitrogen and oxygen atoms in total. The normalized spacial score (nSPS) is 16.0. The van der Waals surface area contributed by atoms with Crippen LogP contribution in [-0.4, -0.2) is 135 Å². The average Bonchev–Trinajstić information content (AvgIpc) is 3.69. The molecule has 0 spiro atoms. The molecule has 0 unspecified atom stereocenters. The molecule has 3 aromatic rings. The second-order valence-electron chi connectivity index (χ2n) is 18.2. The van der Waals surface area contributed by atoms with Crippen molar-refractivity contribution in [1.82, 2.24) is 9.89 Å². The van der Waals surface area contributed by atoms with E-state index in [0.29, 0.717) is 90.3 Å². The van der Waals surface area contributed by atoms with Crippen molar-refractivity contribution >= 4 is 34.7 Å². The first-order valence-corrected chi connectivity index (χ1v) is 25.7. The largest absolute Gasteiger partial charge is 0.478 e. The smallest absolute Gasteiger partial charge is 0.336 e. The number of carboxylic acid groups (broad SMARTS) is 1. The number of carbonyl (C=O) groups is 2. The first kappa shape index (κ1) is 49.3. The van der Waals surface area contributed by atoms with Crippen molar-refractivity contribution in [2.24, 2.45) is 0 Å². The molecule has 0 atom stereocenters. The van der Waals surface area contributed by atoms with Crippen LogP contribution in [0.2, 0.25) is 0 Å².